The number of carbonyl (C=O) groups is 2. The van der Waals surface area contributed by atoms with Gasteiger partial charge in [0.1, 0.15) is 17.2 Å². The minimum atomic E-state index is -0.542. The van der Waals surface area contributed by atoms with Crippen molar-refractivity contribution in [2.75, 3.05) is 31.1 Å². The predicted octanol–water partition coefficient (Wildman–Crippen LogP) is 5.10. The highest BCUT2D eigenvalue weighted by molar-refractivity contribution is 9.10. The number of hydrogen-bond donors (Lipinski definition) is 1. The number of anilines is 1. The van der Waals surface area contributed by atoms with E-state index >= 15 is 0 Å². The fourth-order valence-electron chi connectivity index (χ4n) is 4.11. The van der Waals surface area contributed by atoms with Gasteiger partial charge in [0.2, 0.25) is 0 Å². The summed E-state index contributed by atoms with van der Waals surface area (Å²) >= 11 is 3.57. The number of pyridine rings is 1. The van der Waals surface area contributed by atoms with Crippen molar-refractivity contribution in [1.82, 2.24) is 15.2 Å². The molecule has 2 heterocycles. The maximum absolute atomic E-state index is 13.6. The second-order valence-electron chi connectivity index (χ2n) is 9.92. The topological polar surface area (TPSA) is 74.8 Å². The van der Waals surface area contributed by atoms with Gasteiger partial charge in [-0.1, -0.05) is 22.0 Å². The molecule has 1 atom stereocenters. The zero-order valence-corrected chi connectivity index (χ0v) is 22.6. The van der Waals surface area contributed by atoms with Gasteiger partial charge in [-0.3, -0.25) is 4.79 Å². The van der Waals surface area contributed by atoms with Gasteiger partial charge >= 0.3 is 6.09 Å². The van der Waals surface area contributed by atoms with Crippen LogP contribution in [0.5, 0.6) is 0 Å². The lowest BCUT2D eigenvalue weighted by molar-refractivity contribution is 0.0526. The Bertz CT molecular complexity index is 1060. The lowest BCUT2D eigenvalue weighted by Gasteiger charge is -2.40. The Kier molecular flexibility index (Phi) is 8.74. The van der Waals surface area contributed by atoms with E-state index in [1.54, 1.807) is 6.07 Å². The summed E-state index contributed by atoms with van der Waals surface area (Å²) in [5.41, 5.74) is 2.13. The maximum Gasteiger partial charge on any atom is 0.407 e. The van der Waals surface area contributed by atoms with Gasteiger partial charge in [0.15, 0.2) is 0 Å². The van der Waals surface area contributed by atoms with E-state index in [1.165, 1.54) is 12.3 Å². The number of nitrogens with zero attached hydrogens (tertiary/aromatic N) is 3. The van der Waals surface area contributed by atoms with E-state index in [-0.39, 0.29) is 17.8 Å². The Morgan fingerprint density at radius 2 is 2.00 bits per heavy atom. The Balaban J connectivity index is 1.66. The molecule has 2 amide bonds. The molecule has 7 nitrogen and oxygen atoms in total. The summed E-state index contributed by atoms with van der Waals surface area (Å²) in [7, 11) is 0. The first-order valence-corrected chi connectivity index (χ1v) is 12.7. The largest absolute Gasteiger partial charge is 0.444 e. The lowest BCUT2D eigenvalue weighted by atomic mass is 9.98. The van der Waals surface area contributed by atoms with Crippen LogP contribution in [-0.2, 0) is 11.2 Å². The van der Waals surface area contributed by atoms with E-state index in [0.29, 0.717) is 50.4 Å². The summed E-state index contributed by atoms with van der Waals surface area (Å²) in [6, 6.07) is 6.96. The van der Waals surface area contributed by atoms with Crippen molar-refractivity contribution in [3.05, 3.63) is 57.4 Å². The van der Waals surface area contributed by atoms with Gasteiger partial charge in [-0.2, -0.15) is 0 Å². The number of carbonyl (C=O) groups excluding carboxylic acids is 2. The molecular weight excluding hydrogens is 515 g/mol. The van der Waals surface area contributed by atoms with Crippen LogP contribution in [0.25, 0.3) is 0 Å². The molecule has 0 aliphatic carbocycles. The Morgan fingerprint density at radius 1 is 1.26 bits per heavy atom. The number of aryl methyl sites for hydroxylation is 2. The number of benzene rings is 1. The maximum atomic E-state index is 13.6. The van der Waals surface area contributed by atoms with Gasteiger partial charge in [-0.15, -0.1) is 0 Å². The van der Waals surface area contributed by atoms with Gasteiger partial charge in [-0.25, -0.2) is 14.2 Å². The Labute approximate surface area is 215 Å². The summed E-state index contributed by atoms with van der Waals surface area (Å²) in [5.74, 6) is 0.330. The number of nitrogens with one attached hydrogen (secondary N) is 1. The highest BCUT2D eigenvalue weighted by atomic mass is 79.9. The number of aromatic nitrogens is 1. The smallest absolute Gasteiger partial charge is 0.407 e. The third-order valence-electron chi connectivity index (χ3n) is 5.83. The highest BCUT2D eigenvalue weighted by Crippen LogP contribution is 2.26. The predicted molar refractivity (Wildman–Crippen MR) is 138 cm³/mol. The number of rotatable bonds is 6. The molecular formula is C26H34BrFN4O3. The number of halogens is 2. The normalized spacial score (nSPS) is 16.3. The standard InChI is InChI=1S/C26H34BrFN4O3/c1-17-13-19(7-6-10-29-25(34)35-26(3,4)5)21(14-22(17)27)24(33)32-12-11-31(16-18(32)2)23-9-8-20(28)15-30-23/h8-9,13-15,18H,6-7,10-12,16H2,1-5H3,(H,29,34)/t18-/m1/s1. The van der Waals surface area contributed by atoms with Gasteiger partial charge < -0.3 is 19.9 Å². The van der Waals surface area contributed by atoms with Crippen LogP contribution >= 0.6 is 15.9 Å². The van der Waals surface area contributed by atoms with Crippen molar-refractivity contribution >= 4 is 33.7 Å². The number of ether oxygens (including phenoxy) is 1. The molecule has 1 aromatic heterocycles. The Hall–Kier alpha value is -2.68. The first-order chi connectivity index (χ1) is 16.4. The first kappa shape index (κ1) is 26.9. The van der Waals surface area contributed by atoms with Crippen LogP contribution in [0.1, 0.15) is 55.6 Å². The molecule has 0 bridgehead atoms. The SMILES string of the molecule is Cc1cc(CCCNC(=O)OC(C)(C)C)c(C(=O)N2CCN(c3ccc(F)cn3)C[C@H]2C)cc1Br. The van der Waals surface area contributed by atoms with Gasteiger partial charge in [0.05, 0.1) is 6.20 Å². The molecule has 1 saturated heterocycles. The summed E-state index contributed by atoms with van der Waals surface area (Å²) in [4.78, 5) is 33.7. The van der Waals surface area contributed by atoms with Crippen molar-refractivity contribution < 1.29 is 18.7 Å². The van der Waals surface area contributed by atoms with Crippen LogP contribution in [0.15, 0.2) is 34.9 Å². The average Bonchev–Trinajstić information content (AvgIpc) is 2.77. The van der Waals surface area contributed by atoms with E-state index in [0.717, 1.165) is 15.6 Å². The molecule has 0 radical (unpaired) electrons. The molecule has 0 spiro atoms. The first-order valence-electron chi connectivity index (χ1n) is 11.9. The molecule has 0 unspecified atom stereocenters. The molecule has 1 N–H and O–H groups in total. The molecule has 1 fully saturated rings. The van der Waals surface area contributed by atoms with Crippen molar-refractivity contribution in [3.63, 3.8) is 0 Å². The molecule has 1 aliphatic rings. The second kappa shape index (κ2) is 11.4. The number of hydrogen-bond acceptors (Lipinski definition) is 5. The van der Waals surface area contributed by atoms with Crippen LogP contribution in [-0.4, -0.2) is 59.7 Å². The third-order valence-corrected chi connectivity index (χ3v) is 6.68. The molecule has 2 aromatic rings. The molecule has 1 aromatic carbocycles. The molecule has 0 saturated carbocycles. The summed E-state index contributed by atoms with van der Waals surface area (Å²) < 4.78 is 19.4. The van der Waals surface area contributed by atoms with Gasteiger partial charge in [-0.05, 0) is 76.8 Å². The van der Waals surface area contributed by atoms with Gasteiger partial charge in [0.25, 0.3) is 5.91 Å². The van der Waals surface area contributed by atoms with Gasteiger partial charge in [0, 0.05) is 42.3 Å². The van der Waals surface area contributed by atoms with E-state index in [9.17, 15) is 14.0 Å². The quantitative estimate of drug-likeness (QED) is 0.508. The van der Waals surface area contributed by atoms with Crippen molar-refractivity contribution in [2.45, 2.75) is 59.1 Å². The molecule has 9 heteroatoms. The fraction of sp³-hybridized carbons (Fsp3) is 0.500. The zero-order chi connectivity index (χ0) is 25.8. The van der Waals surface area contributed by atoms with Crippen molar-refractivity contribution in [2.24, 2.45) is 0 Å². The monoisotopic (exact) mass is 548 g/mol. The number of piperazine rings is 1. The third kappa shape index (κ3) is 7.40. The summed E-state index contributed by atoms with van der Waals surface area (Å²) in [6.07, 6.45) is 2.10. The van der Waals surface area contributed by atoms with Crippen LogP contribution in [0, 0.1) is 12.7 Å². The molecule has 3 rings (SSSR count). The molecule has 1 aliphatic heterocycles. The van der Waals surface area contributed by atoms with Crippen molar-refractivity contribution in [3.8, 4) is 0 Å². The molecule has 190 valence electrons. The van der Waals surface area contributed by atoms with Crippen molar-refractivity contribution in [1.29, 1.82) is 0 Å². The van der Waals surface area contributed by atoms with E-state index < -0.39 is 11.7 Å². The zero-order valence-electron chi connectivity index (χ0n) is 21.0. The van der Waals surface area contributed by atoms with Crippen LogP contribution in [0.4, 0.5) is 15.0 Å². The minimum Gasteiger partial charge on any atom is -0.444 e. The fourth-order valence-corrected chi connectivity index (χ4v) is 4.45. The number of amides is 2. The van der Waals surface area contributed by atoms with Crippen LogP contribution < -0.4 is 10.2 Å². The van der Waals surface area contributed by atoms with E-state index in [1.807, 2.05) is 51.7 Å². The second-order valence-corrected chi connectivity index (χ2v) is 10.8. The summed E-state index contributed by atoms with van der Waals surface area (Å²) in [6.45, 7) is 11.7. The van der Waals surface area contributed by atoms with Crippen LogP contribution in [0.2, 0.25) is 0 Å². The average molecular weight is 549 g/mol. The highest BCUT2D eigenvalue weighted by Gasteiger charge is 2.30. The van der Waals surface area contributed by atoms with E-state index in [4.69, 9.17) is 4.74 Å². The summed E-state index contributed by atoms with van der Waals surface area (Å²) in [5, 5.41) is 2.78. The minimum absolute atomic E-state index is 0.0139. The molecule has 35 heavy (non-hydrogen) atoms. The van der Waals surface area contributed by atoms with E-state index in [2.05, 4.69) is 31.1 Å². The lowest BCUT2D eigenvalue weighted by Crippen LogP contribution is -2.54. The van der Waals surface area contributed by atoms with Crippen LogP contribution in [0.3, 0.4) is 0 Å². The number of alkyl carbamates (subject to hydrolysis) is 1. The Morgan fingerprint density at radius 3 is 2.63 bits per heavy atom.